The molecule has 1 unspecified atom stereocenters. The Morgan fingerprint density at radius 1 is 1.19 bits per heavy atom. The van der Waals surface area contributed by atoms with Crippen LogP contribution in [0, 0.1) is 0 Å². The van der Waals surface area contributed by atoms with Crippen LogP contribution in [0.1, 0.15) is 32.1 Å². The first kappa shape index (κ1) is 11.4. The predicted molar refractivity (Wildman–Crippen MR) is 71.1 cm³/mol. The van der Waals surface area contributed by atoms with Gasteiger partial charge in [-0.15, -0.1) is 0 Å². The summed E-state index contributed by atoms with van der Waals surface area (Å²) >= 11 is 2.11. The molecule has 92 valence electrons. The molecule has 2 heterocycles. The Morgan fingerprint density at radius 2 is 2.00 bits per heavy atom. The topological polar surface area (TPSA) is 6.48 Å². The third kappa shape index (κ3) is 2.27. The molecule has 0 aromatic heterocycles. The minimum atomic E-state index is 0.660. The SMILES string of the molecule is CSC1(CN2CCCN3CCCC3C2)CC1. The summed E-state index contributed by atoms with van der Waals surface area (Å²) in [5.74, 6) is 0. The molecule has 3 rings (SSSR count). The fourth-order valence-corrected chi connectivity index (χ4v) is 4.22. The molecule has 2 nitrogen and oxygen atoms in total. The Balaban J connectivity index is 1.58. The van der Waals surface area contributed by atoms with Crippen LogP contribution < -0.4 is 0 Å². The van der Waals surface area contributed by atoms with Crippen molar-refractivity contribution in [1.82, 2.24) is 9.80 Å². The molecule has 2 saturated heterocycles. The van der Waals surface area contributed by atoms with Crippen LogP contribution >= 0.6 is 11.8 Å². The number of rotatable bonds is 3. The van der Waals surface area contributed by atoms with Crippen molar-refractivity contribution in [3.05, 3.63) is 0 Å². The highest BCUT2D eigenvalue weighted by atomic mass is 32.2. The van der Waals surface area contributed by atoms with E-state index in [1.807, 2.05) is 0 Å². The molecule has 2 aliphatic heterocycles. The van der Waals surface area contributed by atoms with Crippen LogP contribution in [0.15, 0.2) is 0 Å². The first-order valence-corrected chi connectivity index (χ1v) is 8.05. The van der Waals surface area contributed by atoms with E-state index in [0.29, 0.717) is 4.75 Å². The van der Waals surface area contributed by atoms with Gasteiger partial charge in [0.2, 0.25) is 0 Å². The summed E-state index contributed by atoms with van der Waals surface area (Å²) in [6.45, 7) is 6.77. The second-order valence-electron chi connectivity index (χ2n) is 5.81. The van der Waals surface area contributed by atoms with Gasteiger partial charge < -0.3 is 4.90 Å². The molecule has 1 atom stereocenters. The van der Waals surface area contributed by atoms with Gasteiger partial charge in [0.05, 0.1) is 0 Å². The normalized spacial score (nSPS) is 34.7. The van der Waals surface area contributed by atoms with Gasteiger partial charge in [0, 0.05) is 23.9 Å². The first-order valence-electron chi connectivity index (χ1n) is 6.83. The number of hydrogen-bond donors (Lipinski definition) is 0. The summed E-state index contributed by atoms with van der Waals surface area (Å²) in [5.41, 5.74) is 0. The molecule has 0 aromatic carbocycles. The van der Waals surface area contributed by atoms with Crippen LogP contribution in [-0.4, -0.2) is 59.6 Å². The summed E-state index contributed by atoms with van der Waals surface area (Å²) in [6.07, 6.45) is 9.49. The third-order valence-corrected chi connectivity index (χ3v) is 6.04. The maximum absolute atomic E-state index is 2.76. The zero-order valence-corrected chi connectivity index (χ0v) is 11.3. The van der Waals surface area contributed by atoms with Gasteiger partial charge in [-0.1, -0.05) is 0 Å². The lowest BCUT2D eigenvalue weighted by Crippen LogP contribution is -2.39. The minimum absolute atomic E-state index is 0.660. The lowest BCUT2D eigenvalue weighted by atomic mass is 10.2. The van der Waals surface area contributed by atoms with Gasteiger partial charge in [-0.2, -0.15) is 11.8 Å². The summed E-state index contributed by atoms with van der Waals surface area (Å²) < 4.78 is 0.660. The van der Waals surface area contributed by atoms with Crippen LogP contribution in [0.4, 0.5) is 0 Å². The molecule has 0 amide bonds. The summed E-state index contributed by atoms with van der Waals surface area (Å²) in [5, 5.41) is 0. The van der Waals surface area contributed by atoms with Gasteiger partial charge in [0.25, 0.3) is 0 Å². The molecule has 3 aliphatic rings. The second kappa shape index (κ2) is 4.51. The Kier molecular flexibility index (Phi) is 3.20. The molecule has 1 aliphatic carbocycles. The van der Waals surface area contributed by atoms with E-state index in [9.17, 15) is 0 Å². The highest BCUT2D eigenvalue weighted by Gasteiger charge is 2.43. The largest absolute Gasteiger partial charge is 0.300 e. The monoisotopic (exact) mass is 240 g/mol. The van der Waals surface area contributed by atoms with E-state index in [2.05, 4.69) is 27.8 Å². The maximum Gasteiger partial charge on any atom is 0.0285 e. The van der Waals surface area contributed by atoms with E-state index >= 15 is 0 Å². The average Bonchev–Trinajstić information content (AvgIpc) is 2.98. The fraction of sp³-hybridized carbons (Fsp3) is 1.00. The summed E-state index contributed by atoms with van der Waals surface area (Å²) in [4.78, 5) is 5.50. The van der Waals surface area contributed by atoms with E-state index in [4.69, 9.17) is 0 Å². The van der Waals surface area contributed by atoms with Gasteiger partial charge in [0.1, 0.15) is 0 Å². The van der Waals surface area contributed by atoms with Gasteiger partial charge >= 0.3 is 0 Å². The van der Waals surface area contributed by atoms with Crippen LogP contribution in [0.2, 0.25) is 0 Å². The molecule has 3 heteroatoms. The van der Waals surface area contributed by atoms with Crippen molar-refractivity contribution in [3.8, 4) is 0 Å². The first-order chi connectivity index (χ1) is 7.81. The van der Waals surface area contributed by atoms with Crippen LogP contribution in [-0.2, 0) is 0 Å². The summed E-state index contributed by atoms with van der Waals surface area (Å²) in [7, 11) is 0. The van der Waals surface area contributed by atoms with E-state index in [-0.39, 0.29) is 0 Å². The summed E-state index contributed by atoms with van der Waals surface area (Å²) in [6, 6.07) is 0.889. The molecular weight excluding hydrogens is 216 g/mol. The molecule has 0 radical (unpaired) electrons. The lowest BCUT2D eigenvalue weighted by Gasteiger charge is -2.28. The highest BCUT2D eigenvalue weighted by molar-refractivity contribution is 8.00. The predicted octanol–water partition coefficient (Wildman–Crippen LogP) is 2.05. The Hall–Kier alpha value is 0.270. The zero-order valence-electron chi connectivity index (χ0n) is 10.5. The molecule has 0 bridgehead atoms. The van der Waals surface area contributed by atoms with Crippen molar-refractivity contribution < 1.29 is 0 Å². The number of nitrogens with zero attached hydrogens (tertiary/aromatic N) is 2. The Bertz CT molecular complexity index is 252. The quantitative estimate of drug-likeness (QED) is 0.745. The Labute approximate surface area is 104 Å². The van der Waals surface area contributed by atoms with Crippen molar-refractivity contribution in [2.75, 3.05) is 39.0 Å². The minimum Gasteiger partial charge on any atom is -0.300 e. The standard InChI is InChI=1S/C13H24N2S/c1-16-13(5-6-13)11-14-7-3-9-15-8-2-4-12(15)10-14/h12H,2-11H2,1H3. The number of hydrogen-bond acceptors (Lipinski definition) is 3. The van der Waals surface area contributed by atoms with Crippen molar-refractivity contribution in [2.45, 2.75) is 42.9 Å². The van der Waals surface area contributed by atoms with E-state index in [1.165, 1.54) is 64.8 Å². The zero-order chi connectivity index (χ0) is 11.0. The third-order valence-electron chi connectivity index (χ3n) is 4.64. The molecule has 0 spiro atoms. The van der Waals surface area contributed by atoms with Crippen LogP contribution in [0.5, 0.6) is 0 Å². The van der Waals surface area contributed by atoms with E-state index in [1.54, 1.807) is 0 Å². The molecule has 1 saturated carbocycles. The average molecular weight is 240 g/mol. The molecule has 0 aromatic rings. The number of thioether (sulfide) groups is 1. The van der Waals surface area contributed by atoms with Gasteiger partial charge in [0.15, 0.2) is 0 Å². The van der Waals surface area contributed by atoms with Crippen molar-refractivity contribution in [2.24, 2.45) is 0 Å². The second-order valence-corrected chi connectivity index (χ2v) is 7.08. The van der Waals surface area contributed by atoms with Gasteiger partial charge in [-0.05, 0) is 58.0 Å². The smallest absolute Gasteiger partial charge is 0.0285 e. The molecular formula is C13H24N2S. The van der Waals surface area contributed by atoms with E-state index < -0.39 is 0 Å². The van der Waals surface area contributed by atoms with E-state index in [0.717, 1.165) is 6.04 Å². The van der Waals surface area contributed by atoms with Crippen LogP contribution in [0.25, 0.3) is 0 Å². The fourth-order valence-electron chi connectivity index (χ4n) is 3.40. The van der Waals surface area contributed by atoms with Gasteiger partial charge in [-0.25, -0.2) is 0 Å². The lowest BCUT2D eigenvalue weighted by molar-refractivity contribution is 0.219. The molecule has 0 N–H and O–H groups in total. The number of fused-ring (bicyclic) bond motifs is 1. The van der Waals surface area contributed by atoms with Gasteiger partial charge in [-0.3, -0.25) is 4.90 Å². The van der Waals surface area contributed by atoms with Crippen molar-refractivity contribution >= 4 is 11.8 Å². The Morgan fingerprint density at radius 3 is 2.75 bits per heavy atom. The molecule has 3 fully saturated rings. The van der Waals surface area contributed by atoms with Crippen molar-refractivity contribution in [3.63, 3.8) is 0 Å². The van der Waals surface area contributed by atoms with Crippen molar-refractivity contribution in [1.29, 1.82) is 0 Å². The highest BCUT2D eigenvalue weighted by Crippen LogP contribution is 2.47. The van der Waals surface area contributed by atoms with Crippen LogP contribution in [0.3, 0.4) is 0 Å². The molecule has 16 heavy (non-hydrogen) atoms. The maximum atomic E-state index is 2.76.